The summed E-state index contributed by atoms with van der Waals surface area (Å²) in [6, 6.07) is 22.2. The Hall–Kier alpha value is -3.92. The highest BCUT2D eigenvalue weighted by Crippen LogP contribution is 2.54. The van der Waals surface area contributed by atoms with Gasteiger partial charge < -0.3 is 5.73 Å². The van der Waals surface area contributed by atoms with Crippen molar-refractivity contribution < 1.29 is 4.39 Å². The second-order valence-electron chi connectivity index (χ2n) is 7.91. The molecule has 2 atom stereocenters. The van der Waals surface area contributed by atoms with E-state index in [1.165, 1.54) is 12.1 Å². The van der Waals surface area contributed by atoms with E-state index in [9.17, 15) is 20.2 Å². The van der Waals surface area contributed by atoms with Crippen molar-refractivity contribution in [2.45, 2.75) is 12.5 Å². The highest BCUT2D eigenvalue weighted by molar-refractivity contribution is 5.59. The van der Waals surface area contributed by atoms with Crippen LogP contribution in [0, 0.1) is 51.1 Å². The summed E-state index contributed by atoms with van der Waals surface area (Å²) in [5, 5.41) is 30.0. The molecule has 31 heavy (non-hydrogen) atoms. The van der Waals surface area contributed by atoms with Crippen molar-refractivity contribution in [3.05, 3.63) is 94.5 Å². The number of nitrogens with two attached hydrogens (primary N) is 1. The number of nitrogens with zero attached hydrogens (tertiary/aromatic N) is 4. The van der Waals surface area contributed by atoms with E-state index in [4.69, 9.17) is 5.73 Å². The Bertz CT molecular complexity index is 1180. The minimum atomic E-state index is -1.75. The minimum absolute atomic E-state index is 0.0479. The molecule has 1 heterocycles. The van der Waals surface area contributed by atoms with Crippen LogP contribution in [0.25, 0.3) is 0 Å². The molecule has 0 spiro atoms. The Morgan fingerprint density at radius 1 is 1.06 bits per heavy atom. The summed E-state index contributed by atoms with van der Waals surface area (Å²) in [7, 11) is 0. The van der Waals surface area contributed by atoms with E-state index < -0.39 is 17.2 Å². The number of rotatable bonds is 3. The van der Waals surface area contributed by atoms with E-state index >= 15 is 0 Å². The lowest BCUT2D eigenvalue weighted by molar-refractivity contribution is 0.201. The normalized spacial score (nSPS) is 22.5. The molecule has 4 rings (SSSR count). The number of nitriles is 3. The molecule has 0 amide bonds. The summed E-state index contributed by atoms with van der Waals surface area (Å²) in [4.78, 5) is 2.20. The molecular weight excluding hydrogens is 389 g/mol. The Kier molecular flexibility index (Phi) is 5.30. The predicted octanol–water partition coefficient (Wildman–Crippen LogP) is 3.75. The molecule has 5 nitrogen and oxygen atoms in total. The van der Waals surface area contributed by atoms with Crippen LogP contribution in [0.15, 0.2) is 77.5 Å². The summed E-state index contributed by atoms with van der Waals surface area (Å²) in [6.07, 6.45) is 1.95. The number of hydrogen-bond acceptors (Lipinski definition) is 5. The van der Waals surface area contributed by atoms with Crippen LogP contribution in [0.3, 0.4) is 0 Å². The number of hydrogen-bond donors (Lipinski definition) is 1. The average Bonchev–Trinajstić information content (AvgIpc) is 2.79. The van der Waals surface area contributed by atoms with Crippen molar-refractivity contribution in [2.75, 3.05) is 13.1 Å². The largest absolute Gasteiger partial charge is 0.399 e. The number of halogens is 1. The quantitative estimate of drug-likeness (QED) is 0.832. The molecule has 0 radical (unpaired) electrons. The number of fused-ring (bicyclic) bond motifs is 1. The van der Waals surface area contributed by atoms with Crippen molar-refractivity contribution in [3.8, 4) is 18.2 Å². The zero-order valence-corrected chi connectivity index (χ0v) is 16.8. The molecule has 1 aliphatic carbocycles. The summed E-state index contributed by atoms with van der Waals surface area (Å²) in [6.45, 7) is 1.82. The van der Waals surface area contributed by atoms with Gasteiger partial charge in [0.25, 0.3) is 0 Å². The van der Waals surface area contributed by atoms with E-state index in [0.29, 0.717) is 25.2 Å². The third-order valence-electron chi connectivity index (χ3n) is 6.20. The zero-order chi connectivity index (χ0) is 22.0. The minimum Gasteiger partial charge on any atom is -0.399 e. The van der Waals surface area contributed by atoms with Gasteiger partial charge >= 0.3 is 0 Å². The van der Waals surface area contributed by atoms with Crippen LogP contribution in [0.5, 0.6) is 0 Å². The van der Waals surface area contributed by atoms with Crippen molar-refractivity contribution in [2.24, 2.45) is 17.1 Å². The maximum Gasteiger partial charge on any atom is 0.191 e. The van der Waals surface area contributed by atoms with E-state index in [1.54, 1.807) is 12.1 Å². The average molecular weight is 409 g/mol. The summed E-state index contributed by atoms with van der Waals surface area (Å²) in [5.74, 6) is -1.49. The predicted molar refractivity (Wildman–Crippen MR) is 113 cm³/mol. The lowest BCUT2D eigenvalue weighted by Crippen LogP contribution is -2.47. The first-order valence-electron chi connectivity index (χ1n) is 9.99. The highest BCUT2D eigenvalue weighted by atomic mass is 19.1. The second-order valence-corrected chi connectivity index (χ2v) is 7.91. The summed E-state index contributed by atoms with van der Waals surface area (Å²) in [5.41, 5.74) is 7.08. The molecule has 6 heteroatoms. The molecule has 2 N–H and O–H groups in total. The first-order chi connectivity index (χ1) is 15.0. The molecular formula is C25H20FN5. The van der Waals surface area contributed by atoms with E-state index in [2.05, 4.69) is 23.1 Å². The van der Waals surface area contributed by atoms with Gasteiger partial charge in [-0.15, -0.1) is 0 Å². The third-order valence-corrected chi connectivity index (χ3v) is 6.20. The summed E-state index contributed by atoms with van der Waals surface area (Å²) < 4.78 is 14.1. The fourth-order valence-electron chi connectivity index (χ4n) is 4.79. The van der Waals surface area contributed by atoms with Crippen LogP contribution >= 0.6 is 0 Å². The van der Waals surface area contributed by atoms with Crippen LogP contribution in [0.1, 0.15) is 17.0 Å². The number of allylic oxidation sites excluding steroid dienone is 2. The van der Waals surface area contributed by atoms with Crippen molar-refractivity contribution in [1.29, 1.82) is 15.8 Å². The Balaban J connectivity index is 1.85. The van der Waals surface area contributed by atoms with Crippen molar-refractivity contribution in [1.82, 2.24) is 4.90 Å². The van der Waals surface area contributed by atoms with Gasteiger partial charge in [0.15, 0.2) is 5.41 Å². The molecule has 2 unspecified atom stereocenters. The van der Waals surface area contributed by atoms with Crippen LogP contribution in [-0.2, 0) is 6.54 Å². The topological polar surface area (TPSA) is 101 Å². The first-order valence-corrected chi connectivity index (χ1v) is 9.99. The summed E-state index contributed by atoms with van der Waals surface area (Å²) >= 11 is 0. The zero-order valence-electron chi connectivity index (χ0n) is 16.8. The van der Waals surface area contributed by atoms with Gasteiger partial charge in [-0.05, 0) is 28.8 Å². The highest BCUT2D eigenvalue weighted by Gasteiger charge is 2.54. The van der Waals surface area contributed by atoms with E-state index in [0.717, 1.165) is 11.1 Å². The van der Waals surface area contributed by atoms with Gasteiger partial charge in [-0.3, -0.25) is 4.90 Å². The van der Waals surface area contributed by atoms with Crippen LogP contribution in [-0.4, -0.2) is 18.0 Å². The van der Waals surface area contributed by atoms with Gasteiger partial charge in [0, 0.05) is 31.5 Å². The first kappa shape index (κ1) is 20.4. The smallest absolute Gasteiger partial charge is 0.191 e. The fourth-order valence-corrected chi connectivity index (χ4v) is 4.79. The lowest BCUT2D eigenvalue weighted by atomic mass is 9.58. The Morgan fingerprint density at radius 2 is 1.81 bits per heavy atom. The molecule has 0 saturated heterocycles. The van der Waals surface area contributed by atoms with Gasteiger partial charge in [0.2, 0.25) is 0 Å². The molecule has 0 bridgehead atoms. The van der Waals surface area contributed by atoms with Crippen LogP contribution in [0.2, 0.25) is 0 Å². The maximum atomic E-state index is 14.1. The standard InChI is InChI=1S/C25H20FN5/c26-19-8-4-7-18(11-19)23-22-14-31(13-17-5-2-1-3-6-17)10-9-20(22)21(12-27)24(30)25(23,15-28)16-29/h1-9,11,22-23H,10,13-14,30H2. The van der Waals surface area contributed by atoms with Gasteiger partial charge in [0.1, 0.15) is 11.9 Å². The monoisotopic (exact) mass is 409 g/mol. The van der Waals surface area contributed by atoms with Crippen LogP contribution < -0.4 is 5.73 Å². The molecule has 2 aromatic carbocycles. The third kappa shape index (κ3) is 3.36. The van der Waals surface area contributed by atoms with Gasteiger partial charge in [-0.2, -0.15) is 15.8 Å². The number of benzene rings is 2. The van der Waals surface area contributed by atoms with Gasteiger partial charge in [0.05, 0.1) is 23.4 Å². The molecule has 0 fully saturated rings. The molecule has 0 aromatic heterocycles. The Labute approximate surface area is 180 Å². The fraction of sp³-hybridized carbons (Fsp3) is 0.240. The Morgan fingerprint density at radius 3 is 2.45 bits per heavy atom. The molecule has 0 saturated carbocycles. The van der Waals surface area contributed by atoms with Gasteiger partial charge in [-0.1, -0.05) is 48.5 Å². The second kappa shape index (κ2) is 8.07. The van der Waals surface area contributed by atoms with Crippen molar-refractivity contribution >= 4 is 0 Å². The molecule has 152 valence electrons. The molecule has 2 aliphatic rings. The van der Waals surface area contributed by atoms with E-state index in [1.807, 2.05) is 36.4 Å². The molecule has 2 aromatic rings. The lowest BCUT2D eigenvalue weighted by Gasteiger charge is -2.45. The van der Waals surface area contributed by atoms with Crippen molar-refractivity contribution in [3.63, 3.8) is 0 Å². The molecule has 1 aliphatic heterocycles. The van der Waals surface area contributed by atoms with E-state index in [-0.39, 0.29) is 17.2 Å². The maximum absolute atomic E-state index is 14.1. The van der Waals surface area contributed by atoms with Gasteiger partial charge in [-0.25, -0.2) is 4.39 Å². The SMILES string of the molecule is N#CC1=C(N)C(C#N)(C#N)C(c2cccc(F)c2)C2CN(Cc3ccccc3)CC=C12. The van der Waals surface area contributed by atoms with Crippen LogP contribution in [0.4, 0.5) is 4.39 Å².